The van der Waals surface area contributed by atoms with Crippen LogP contribution in [0.15, 0.2) is 12.7 Å². The first-order chi connectivity index (χ1) is 6.49. The topological polar surface area (TPSA) is 23.5 Å². The smallest absolute Gasteiger partial charge is 0.0524 e. The van der Waals surface area contributed by atoms with Gasteiger partial charge in [0.05, 0.1) is 6.10 Å². The Balaban J connectivity index is 3.84. The van der Waals surface area contributed by atoms with Crippen LogP contribution in [0.5, 0.6) is 0 Å². The summed E-state index contributed by atoms with van der Waals surface area (Å²) in [6.07, 6.45) is 3.69. The van der Waals surface area contributed by atoms with Crippen LogP contribution in [0, 0.1) is 5.92 Å². The number of allylic oxidation sites excluding steroid dienone is 1. The molecular weight excluding hydrogens is 174 g/mol. The zero-order chi connectivity index (χ0) is 11.1. The summed E-state index contributed by atoms with van der Waals surface area (Å²) < 4.78 is 0. The van der Waals surface area contributed by atoms with Crippen LogP contribution in [0.1, 0.15) is 33.6 Å². The van der Waals surface area contributed by atoms with E-state index in [1.54, 1.807) is 0 Å². The van der Waals surface area contributed by atoms with E-state index in [0.29, 0.717) is 12.0 Å². The molecule has 0 aliphatic carbocycles. The van der Waals surface area contributed by atoms with Gasteiger partial charge in [-0.1, -0.05) is 13.0 Å². The zero-order valence-electron chi connectivity index (χ0n) is 10.0. The molecule has 0 fully saturated rings. The molecule has 0 bridgehead atoms. The lowest BCUT2D eigenvalue weighted by molar-refractivity contribution is 0.138. The second kappa shape index (κ2) is 7.02. The average Bonchev–Trinajstić information content (AvgIpc) is 2.13. The molecule has 3 atom stereocenters. The number of hydrogen-bond acceptors (Lipinski definition) is 2. The molecule has 2 nitrogen and oxygen atoms in total. The maximum atomic E-state index is 9.18. The number of aliphatic hydroxyl groups excluding tert-OH is 1. The fourth-order valence-corrected chi connectivity index (χ4v) is 1.49. The van der Waals surface area contributed by atoms with Crippen molar-refractivity contribution in [3.8, 4) is 0 Å². The van der Waals surface area contributed by atoms with Gasteiger partial charge in [0.25, 0.3) is 0 Å². The summed E-state index contributed by atoms with van der Waals surface area (Å²) in [4.78, 5) is 2.31. The highest BCUT2D eigenvalue weighted by Crippen LogP contribution is 2.13. The molecule has 3 unspecified atom stereocenters. The zero-order valence-corrected chi connectivity index (χ0v) is 10.0. The molecule has 14 heavy (non-hydrogen) atoms. The van der Waals surface area contributed by atoms with Crippen LogP contribution in [0.4, 0.5) is 0 Å². The maximum Gasteiger partial charge on any atom is 0.0524 e. The Bertz CT molecular complexity index is 156. The monoisotopic (exact) mass is 199 g/mol. The molecule has 0 aromatic heterocycles. The highest BCUT2D eigenvalue weighted by atomic mass is 16.3. The van der Waals surface area contributed by atoms with Gasteiger partial charge in [-0.3, -0.25) is 0 Å². The molecule has 0 spiro atoms. The Morgan fingerprint density at radius 3 is 2.36 bits per heavy atom. The molecular formula is C12H25NO. The van der Waals surface area contributed by atoms with Crippen LogP contribution in [-0.4, -0.2) is 35.7 Å². The molecule has 0 heterocycles. The highest BCUT2D eigenvalue weighted by molar-refractivity contribution is 4.78. The van der Waals surface area contributed by atoms with Crippen molar-refractivity contribution in [2.75, 3.05) is 13.6 Å². The molecule has 0 aromatic rings. The van der Waals surface area contributed by atoms with E-state index in [4.69, 9.17) is 0 Å². The Hall–Kier alpha value is -0.340. The van der Waals surface area contributed by atoms with E-state index in [9.17, 15) is 5.11 Å². The van der Waals surface area contributed by atoms with Crippen LogP contribution in [-0.2, 0) is 0 Å². The van der Waals surface area contributed by atoms with Gasteiger partial charge >= 0.3 is 0 Å². The van der Waals surface area contributed by atoms with Crippen molar-refractivity contribution in [3.05, 3.63) is 12.7 Å². The minimum atomic E-state index is -0.195. The van der Waals surface area contributed by atoms with E-state index < -0.39 is 0 Å². The van der Waals surface area contributed by atoms with Gasteiger partial charge < -0.3 is 10.0 Å². The molecule has 0 aliphatic rings. The second-order valence-electron chi connectivity index (χ2n) is 4.36. The van der Waals surface area contributed by atoms with Crippen molar-refractivity contribution in [2.24, 2.45) is 5.92 Å². The Kier molecular flexibility index (Phi) is 6.85. The average molecular weight is 199 g/mol. The predicted octanol–water partition coefficient (Wildman–Crippen LogP) is 2.29. The van der Waals surface area contributed by atoms with Gasteiger partial charge in [0.1, 0.15) is 0 Å². The Morgan fingerprint density at radius 2 is 1.93 bits per heavy atom. The summed E-state index contributed by atoms with van der Waals surface area (Å²) in [6.45, 7) is 11.0. The minimum Gasteiger partial charge on any atom is -0.393 e. The Morgan fingerprint density at radius 1 is 1.36 bits per heavy atom. The fraction of sp³-hybridized carbons (Fsp3) is 0.833. The SMILES string of the molecule is C=CCC(C)C(C)N(C)CCC(C)O. The third-order valence-electron chi connectivity index (χ3n) is 2.96. The van der Waals surface area contributed by atoms with Crippen LogP contribution in [0.2, 0.25) is 0 Å². The van der Waals surface area contributed by atoms with Crippen LogP contribution in [0.25, 0.3) is 0 Å². The number of nitrogens with zero attached hydrogens (tertiary/aromatic N) is 1. The molecule has 84 valence electrons. The van der Waals surface area contributed by atoms with E-state index in [1.165, 1.54) is 0 Å². The minimum absolute atomic E-state index is 0.195. The molecule has 2 heteroatoms. The molecule has 0 amide bonds. The fourth-order valence-electron chi connectivity index (χ4n) is 1.49. The van der Waals surface area contributed by atoms with E-state index >= 15 is 0 Å². The summed E-state index contributed by atoms with van der Waals surface area (Å²) in [5.74, 6) is 0.631. The Labute approximate surface area is 88.6 Å². The van der Waals surface area contributed by atoms with Gasteiger partial charge in [-0.05, 0) is 39.7 Å². The molecule has 0 rings (SSSR count). The summed E-state index contributed by atoms with van der Waals surface area (Å²) in [5.41, 5.74) is 0. The van der Waals surface area contributed by atoms with Crippen molar-refractivity contribution in [3.63, 3.8) is 0 Å². The van der Waals surface area contributed by atoms with Crippen molar-refractivity contribution < 1.29 is 5.11 Å². The first kappa shape index (κ1) is 13.7. The summed E-state index contributed by atoms with van der Waals surface area (Å²) in [6, 6.07) is 0.548. The summed E-state index contributed by atoms with van der Waals surface area (Å²) in [5, 5.41) is 9.18. The predicted molar refractivity (Wildman–Crippen MR) is 62.4 cm³/mol. The molecule has 0 aromatic carbocycles. The number of aliphatic hydroxyl groups is 1. The second-order valence-corrected chi connectivity index (χ2v) is 4.36. The molecule has 0 saturated carbocycles. The van der Waals surface area contributed by atoms with Gasteiger partial charge in [0, 0.05) is 12.6 Å². The first-order valence-electron chi connectivity index (χ1n) is 5.48. The van der Waals surface area contributed by atoms with E-state index in [-0.39, 0.29) is 6.10 Å². The van der Waals surface area contributed by atoms with Crippen molar-refractivity contribution in [2.45, 2.75) is 45.8 Å². The highest BCUT2D eigenvalue weighted by Gasteiger charge is 2.15. The molecule has 0 saturated heterocycles. The lowest BCUT2D eigenvalue weighted by atomic mass is 9.98. The quantitative estimate of drug-likeness (QED) is 0.636. The first-order valence-corrected chi connectivity index (χ1v) is 5.48. The largest absolute Gasteiger partial charge is 0.393 e. The summed E-state index contributed by atoms with van der Waals surface area (Å²) in [7, 11) is 2.12. The maximum absolute atomic E-state index is 9.18. The lowest BCUT2D eigenvalue weighted by Crippen LogP contribution is -2.35. The van der Waals surface area contributed by atoms with Gasteiger partial charge in [0.15, 0.2) is 0 Å². The van der Waals surface area contributed by atoms with E-state index in [2.05, 4.69) is 32.4 Å². The van der Waals surface area contributed by atoms with Crippen LogP contribution >= 0.6 is 0 Å². The lowest BCUT2D eigenvalue weighted by Gasteiger charge is -2.29. The third kappa shape index (κ3) is 5.40. The van der Waals surface area contributed by atoms with Crippen molar-refractivity contribution in [1.29, 1.82) is 0 Å². The van der Waals surface area contributed by atoms with Gasteiger partial charge in [-0.15, -0.1) is 6.58 Å². The third-order valence-corrected chi connectivity index (χ3v) is 2.96. The molecule has 0 aliphatic heterocycles. The van der Waals surface area contributed by atoms with Gasteiger partial charge in [-0.25, -0.2) is 0 Å². The molecule has 0 radical (unpaired) electrons. The normalized spacial score (nSPS) is 17.9. The number of hydrogen-bond donors (Lipinski definition) is 1. The standard InChI is InChI=1S/C12H25NO/c1-6-7-10(2)12(4)13(5)9-8-11(3)14/h6,10-12,14H,1,7-9H2,2-5H3. The van der Waals surface area contributed by atoms with Crippen molar-refractivity contribution in [1.82, 2.24) is 4.90 Å². The van der Waals surface area contributed by atoms with Crippen LogP contribution < -0.4 is 0 Å². The van der Waals surface area contributed by atoms with Gasteiger partial charge in [-0.2, -0.15) is 0 Å². The van der Waals surface area contributed by atoms with Crippen LogP contribution in [0.3, 0.4) is 0 Å². The summed E-state index contributed by atoms with van der Waals surface area (Å²) >= 11 is 0. The number of rotatable bonds is 7. The van der Waals surface area contributed by atoms with Gasteiger partial charge in [0.2, 0.25) is 0 Å². The van der Waals surface area contributed by atoms with E-state index in [1.807, 2.05) is 13.0 Å². The van der Waals surface area contributed by atoms with Crippen molar-refractivity contribution >= 4 is 0 Å². The molecule has 1 N–H and O–H groups in total. The van der Waals surface area contributed by atoms with E-state index in [0.717, 1.165) is 19.4 Å².